The predicted octanol–water partition coefficient (Wildman–Crippen LogP) is 4.49. The smallest absolute Gasteiger partial charge is 0.0207 e. The maximum Gasteiger partial charge on any atom is 0.0207 e. The number of hydrogen-bond donors (Lipinski definition) is 1. The summed E-state index contributed by atoms with van der Waals surface area (Å²) in [5.74, 6) is 0.833. The minimum absolute atomic E-state index is 0.541. The molecule has 0 amide bonds. The monoisotopic (exact) mass is 233 g/mol. The molecule has 1 aromatic carbocycles. The van der Waals surface area contributed by atoms with Gasteiger partial charge in [-0.15, -0.1) is 0 Å². The highest BCUT2D eigenvalue weighted by molar-refractivity contribution is 5.47. The van der Waals surface area contributed by atoms with Gasteiger partial charge in [-0.3, -0.25) is 0 Å². The van der Waals surface area contributed by atoms with Gasteiger partial charge in [-0.25, -0.2) is 0 Å². The molecule has 0 spiro atoms. The molecule has 0 aliphatic heterocycles. The topological polar surface area (TPSA) is 12.0 Å². The average molecular weight is 233 g/mol. The van der Waals surface area contributed by atoms with Crippen LogP contribution in [-0.2, 0) is 6.54 Å². The molecule has 96 valence electrons. The molecule has 0 unspecified atom stereocenters. The van der Waals surface area contributed by atoms with Gasteiger partial charge in [-0.2, -0.15) is 0 Å². The Morgan fingerprint density at radius 1 is 1.06 bits per heavy atom. The highest BCUT2D eigenvalue weighted by Gasteiger charge is 1.94. The summed E-state index contributed by atoms with van der Waals surface area (Å²) < 4.78 is 0. The van der Waals surface area contributed by atoms with Crippen molar-refractivity contribution in [2.45, 2.75) is 47.2 Å². The van der Waals surface area contributed by atoms with E-state index in [4.69, 9.17) is 0 Å². The lowest BCUT2D eigenvalue weighted by atomic mass is 10.1. The zero-order valence-electron chi connectivity index (χ0n) is 12.0. The lowest BCUT2D eigenvalue weighted by Crippen LogP contribution is -2.21. The summed E-state index contributed by atoms with van der Waals surface area (Å²) >= 11 is 0. The molecule has 0 radical (unpaired) electrons. The van der Waals surface area contributed by atoms with Crippen molar-refractivity contribution in [2.24, 2.45) is 5.92 Å². The lowest BCUT2D eigenvalue weighted by molar-refractivity contribution is 0.589. The van der Waals surface area contributed by atoms with E-state index < -0.39 is 0 Å². The Bertz CT molecular complexity index is 293. The SMILES string of the molecule is C=Cc1ccc(CNC(C)C)cc1.CC(C)C. The van der Waals surface area contributed by atoms with Gasteiger partial charge in [-0.05, 0) is 17.0 Å². The van der Waals surface area contributed by atoms with Crippen LogP contribution in [0.4, 0.5) is 0 Å². The van der Waals surface area contributed by atoms with E-state index in [1.54, 1.807) is 0 Å². The molecule has 1 rings (SSSR count). The first kappa shape index (κ1) is 15.9. The largest absolute Gasteiger partial charge is 0.310 e. The maximum absolute atomic E-state index is 3.72. The summed E-state index contributed by atoms with van der Waals surface area (Å²) in [7, 11) is 0. The first-order valence-corrected chi connectivity index (χ1v) is 6.40. The van der Waals surface area contributed by atoms with Gasteiger partial charge in [0.05, 0.1) is 0 Å². The van der Waals surface area contributed by atoms with Gasteiger partial charge in [0.25, 0.3) is 0 Å². The number of hydrogen-bond acceptors (Lipinski definition) is 1. The second-order valence-electron chi connectivity index (χ2n) is 5.21. The molecule has 0 saturated carbocycles. The van der Waals surface area contributed by atoms with Crippen molar-refractivity contribution >= 4 is 6.08 Å². The molecule has 0 saturated heterocycles. The third-order valence-corrected chi connectivity index (χ3v) is 1.93. The fourth-order valence-corrected chi connectivity index (χ4v) is 1.09. The van der Waals surface area contributed by atoms with Crippen LogP contribution in [0.1, 0.15) is 45.7 Å². The molecule has 0 bridgehead atoms. The van der Waals surface area contributed by atoms with Gasteiger partial charge < -0.3 is 5.32 Å². The van der Waals surface area contributed by atoms with Crippen molar-refractivity contribution < 1.29 is 0 Å². The van der Waals surface area contributed by atoms with Crippen LogP contribution in [0.25, 0.3) is 6.08 Å². The Morgan fingerprint density at radius 2 is 1.53 bits per heavy atom. The predicted molar refractivity (Wildman–Crippen MR) is 79.0 cm³/mol. The molecule has 0 heterocycles. The van der Waals surface area contributed by atoms with Crippen LogP contribution >= 0.6 is 0 Å². The zero-order chi connectivity index (χ0) is 13.3. The molecule has 1 nitrogen and oxygen atoms in total. The number of benzene rings is 1. The maximum atomic E-state index is 3.72. The summed E-state index contributed by atoms with van der Waals surface area (Å²) in [6.07, 6.45) is 1.86. The van der Waals surface area contributed by atoms with Crippen LogP contribution in [0.3, 0.4) is 0 Å². The van der Waals surface area contributed by atoms with E-state index >= 15 is 0 Å². The van der Waals surface area contributed by atoms with E-state index in [1.165, 1.54) is 11.1 Å². The third-order valence-electron chi connectivity index (χ3n) is 1.93. The van der Waals surface area contributed by atoms with Crippen LogP contribution in [0.15, 0.2) is 30.8 Å². The molecule has 1 heteroatoms. The van der Waals surface area contributed by atoms with Crippen molar-refractivity contribution in [2.75, 3.05) is 0 Å². The molecule has 0 aliphatic rings. The molecular weight excluding hydrogens is 206 g/mol. The minimum atomic E-state index is 0.541. The zero-order valence-corrected chi connectivity index (χ0v) is 12.0. The Hall–Kier alpha value is -1.08. The Labute approximate surface area is 107 Å². The fourth-order valence-electron chi connectivity index (χ4n) is 1.09. The van der Waals surface area contributed by atoms with Crippen LogP contribution in [-0.4, -0.2) is 6.04 Å². The summed E-state index contributed by atoms with van der Waals surface area (Å²) in [6, 6.07) is 8.98. The average Bonchev–Trinajstić information content (AvgIpc) is 2.26. The Kier molecular flexibility index (Phi) is 8.43. The van der Waals surface area contributed by atoms with Gasteiger partial charge in [0.2, 0.25) is 0 Å². The van der Waals surface area contributed by atoms with Gasteiger partial charge in [0.1, 0.15) is 0 Å². The van der Waals surface area contributed by atoms with Gasteiger partial charge >= 0.3 is 0 Å². The second-order valence-corrected chi connectivity index (χ2v) is 5.21. The van der Waals surface area contributed by atoms with E-state index in [0.29, 0.717) is 6.04 Å². The normalized spacial score (nSPS) is 10.1. The summed E-state index contributed by atoms with van der Waals surface area (Å²) in [5.41, 5.74) is 2.49. The van der Waals surface area contributed by atoms with Crippen molar-refractivity contribution in [1.29, 1.82) is 0 Å². The molecule has 0 fully saturated rings. The minimum Gasteiger partial charge on any atom is -0.310 e. The van der Waals surface area contributed by atoms with E-state index in [9.17, 15) is 0 Å². The first-order chi connectivity index (χ1) is 7.95. The molecule has 1 N–H and O–H groups in total. The van der Waals surface area contributed by atoms with Crippen molar-refractivity contribution in [1.82, 2.24) is 5.32 Å². The summed E-state index contributed by atoms with van der Waals surface area (Å²) in [5, 5.41) is 3.37. The van der Waals surface area contributed by atoms with Crippen LogP contribution in [0, 0.1) is 5.92 Å². The van der Waals surface area contributed by atoms with Gasteiger partial charge in [-0.1, -0.05) is 71.5 Å². The highest BCUT2D eigenvalue weighted by Crippen LogP contribution is 2.05. The fraction of sp³-hybridized carbons (Fsp3) is 0.500. The van der Waals surface area contributed by atoms with E-state index in [1.807, 2.05) is 6.08 Å². The quantitative estimate of drug-likeness (QED) is 0.808. The highest BCUT2D eigenvalue weighted by atomic mass is 14.9. The van der Waals surface area contributed by atoms with Crippen molar-refractivity contribution in [3.63, 3.8) is 0 Å². The van der Waals surface area contributed by atoms with Crippen molar-refractivity contribution in [3.05, 3.63) is 42.0 Å². The first-order valence-electron chi connectivity index (χ1n) is 6.40. The Morgan fingerprint density at radius 3 is 1.88 bits per heavy atom. The molecule has 0 atom stereocenters. The second kappa shape index (κ2) is 9.00. The lowest BCUT2D eigenvalue weighted by Gasteiger charge is -2.07. The van der Waals surface area contributed by atoms with E-state index in [-0.39, 0.29) is 0 Å². The number of nitrogens with one attached hydrogen (secondary N) is 1. The van der Waals surface area contributed by atoms with Gasteiger partial charge in [0, 0.05) is 12.6 Å². The van der Waals surface area contributed by atoms with Crippen LogP contribution in [0.2, 0.25) is 0 Å². The van der Waals surface area contributed by atoms with Crippen molar-refractivity contribution in [3.8, 4) is 0 Å². The molecule has 0 aromatic heterocycles. The van der Waals surface area contributed by atoms with E-state index in [2.05, 4.69) is 70.8 Å². The summed E-state index contributed by atoms with van der Waals surface area (Å²) in [6.45, 7) is 15.5. The Balaban J connectivity index is 0.000000557. The molecular formula is C16H27N. The van der Waals surface area contributed by atoms with E-state index in [0.717, 1.165) is 12.5 Å². The van der Waals surface area contributed by atoms with Crippen LogP contribution in [0.5, 0.6) is 0 Å². The molecule has 0 aliphatic carbocycles. The molecule has 17 heavy (non-hydrogen) atoms. The number of rotatable bonds is 4. The van der Waals surface area contributed by atoms with Gasteiger partial charge in [0.15, 0.2) is 0 Å². The standard InChI is InChI=1S/C12H17N.C4H10/c1-4-11-5-7-12(8-6-11)9-13-10(2)3;1-4(2)3/h4-8,10,13H,1,9H2,2-3H3;4H,1-3H3. The molecule has 1 aromatic rings. The van der Waals surface area contributed by atoms with Crippen LogP contribution < -0.4 is 5.32 Å². The third kappa shape index (κ3) is 9.83. The summed E-state index contributed by atoms with van der Waals surface area (Å²) in [4.78, 5) is 0.